The first kappa shape index (κ1) is 22.9. The number of hydrogen-bond acceptors (Lipinski definition) is 4. The van der Waals surface area contributed by atoms with Gasteiger partial charge in [-0.1, -0.05) is 30.3 Å². The zero-order valence-corrected chi connectivity index (χ0v) is 15.4. The van der Waals surface area contributed by atoms with Crippen LogP contribution < -0.4 is 11.1 Å². The Bertz CT molecular complexity index is 739. The van der Waals surface area contributed by atoms with Crippen LogP contribution in [0, 0.1) is 0 Å². The number of benzene rings is 1. The summed E-state index contributed by atoms with van der Waals surface area (Å²) in [7, 11) is 1.36. The largest absolute Gasteiger partial charge is 0.424 e. The van der Waals surface area contributed by atoms with Crippen molar-refractivity contribution >= 4 is 18.3 Å². The number of carbonyl (C=O) groups is 1. The van der Waals surface area contributed by atoms with Gasteiger partial charge < -0.3 is 20.7 Å². The molecule has 1 heterocycles. The second-order valence-corrected chi connectivity index (χ2v) is 6.04. The standard InChI is InChI=1S/C17H21F3N4O2.ClH/c1-24-10-9-23-15(24)16(26,17(18,19)20)7-8-22-14(25)11-13(21)12-5-3-2-4-6-12;/h2-6,9-10,13,26H,7-8,11,21H2,1H3,(H,22,25);1H. The minimum absolute atomic E-state index is 0. The molecule has 1 aromatic heterocycles. The van der Waals surface area contributed by atoms with E-state index in [1.807, 2.05) is 6.07 Å². The Morgan fingerprint density at radius 3 is 2.48 bits per heavy atom. The predicted molar refractivity (Wildman–Crippen MR) is 96.0 cm³/mol. The quantitative estimate of drug-likeness (QED) is 0.657. The maximum absolute atomic E-state index is 13.4. The molecule has 2 rings (SSSR count). The van der Waals surface area contributed by atoms with Gasteiger partial charge in [-0.25, -0.2) is 4.98 Å². The van der Waals surface area contributed by atoms with E-state index in [0.717, 1.165) is 10.1 Å². The minimum Gasteiger partial charge on any atom is -0.374 e. The number of nitrogens with two attached hydrogens (primary N) is 1. The number of nitrogens with zero attached hydrogens (tertiary/aromatic N) is 2. The SMILES string of the molecule is Cl.Cn1ccnc1C(O)(CCNC(=O)CC(N)c1ccccc1)C(F)(F)F. The Kier molecular flexibility index (Phi) is 7.82. The number of hydrogen-bond donors (Lipinski definition) is 3. The zero-order chi connectivity index (χ0) is 19.4. The van der Waals surface area contributed by atoms with Gasteiger partial charge in [0.1, 0.15) is 5.82 Å². The van der Waals surface area contributed by atoms with Crippen LogP contribution in [0.2, 0.25) is 0 Å². The highest BCUT2D eigenvalue weighted by atomic mass is 35.5. The van der Waals surface area contributed by atoms with Crippen molar-refractivity contribution in [3.8, 4) is 0 Å². The molecular formula is C17H22ClF3N4O2. The molecule has 0 saturated carbocycles. The summed E-state index contributed by atoms with van der Waals surface area (Å²) in [5, 5.41) is 12.6. The number of aliphatic hydroxyl groups is 1. The first-order valence-corrected chi connectivity index (χ1v) is 7.99. The van der Waals surface area contributed by atoms with Crippen molar-refractivity contribution in [1.29, 1.82) is 0 Å². The molecule has 4 N–H and O–H groups in total. The Balaban J connectivity index is 0.00000364. The monoisotopic (exact) mass is 406 g/mol. The van der Waals surface area contributed by atoms with E-state index in [4.69, 9.17) is 5.73 Å². The lowest BCUT2D eigenvalue weighted by Crippen LogP contribution is -2.46. The van der Waals surface area contributed by atoms with E-state index in [9.17, 15) is 23.1 Å². The average molecular weight is 407 g/mol. The fourth-order valence-electron chi connectivity index (χ4n) is 2.62. The molecule has 1 aromatic carbocycles. The molecule has 0 fully saturated rings. The predicted octanol–water partition coefficient (Wildman–Crippen LogP) is 2.19. The van der Waals surface area contributed by atoms with Crippen molar-refractivity contribution < 1.29 is 23.1 Å². The molecule has 27 heavy (non-hydrogen) atoms. The molecule has 150 valence electrons. The molecule has 0 radical (unpaired) electrons. The van der Waals surface area contributed by atoms with Crippen LogP contribution in [-0.2, 0) is 17.4 Å². The van der Waals surface area contributed by atoms with E-state index in [1.165, 1.54) is 19.4 Å². The Hall–Kier alpha value is -2.10. The molecule has 0 spiro atoms. The highest BCUT2D eigenvalue weighted by Gasteiger charge is 2.57. The third-order valence-corrected chi connectivity index (χ3v) is 4.10. The van der Waals surface area contributed by atoms with Crippen LogP contribution in [-0.4, -0.2) is 33.3 Å². The summed E-state index contributed by atoms with van der Waals surface area (Å²) < 4.78 is 41.2. The van der Waals surface area contributed by atoms with Crippen molar-refractivity contribution in [2.45, 2.75) is 30.7 Å². The van der Waals surface area contributed by atoms with Gasteiger partial charge in [0.05, 0.1) is 0 Å². The van der Waals surface area contributed by atoms with Crippen molar-refractivity contribution in [3.05, 3.63) is 54.1 Å². The van der Waals surface area contributed by atoms with Gasteiger partial charge in [0.25, 0.3) is 0 Å². The van der Waals surface area contributed by atoms with Gasteiger partial charge in [-0.2, -0.15) is 13.2 Å². The molecule has 1 amide bonds. The summed E-state index contributed by atoms with van der Waals surface area (Å²) in [5.74, 6) is -1.02. The lowest BCUT2D eigenvalue weighted by molar-refractivity contribution is -0.272. The summed E-state index contributed by atoms with van der Waals surface area (Å²) in [4.78, 5) is 15.5. The summed E-state index contributed by atoms with van der Waals surface area (Å²) >= 11 is 0. The van der Waals surface area contributed by atoms with E-state index in [-0.39, 0.29) is 25.4 Å². The number of rotatable bonds is 7. The number of imidazole rings is 1. The first-order valence-electron chi connectivity index (χ1n) is 7.99. The molecule has 2 unspecified atom stereocenters. The number of carbonyl (C=O) groups excluding carboxylic acids is 1. The number of aromatic nitrogens is 2. The summed E-state index contributed by atoms with van der Waals surface area (Å²) in [6.45, 7) is -0.372. The molecular weight excluding hydrogens is 385 g/mol. The van der Waals surface area contributed by atoms with Crippen molar-refractivity contribution in [2.75, 3.05) is 6.54 Å². The second kappa shape index (κ2) is 9.20. The molecule has 10 heteroatoms. The van der Waals surface area contributed by atoms with Crippen LogP contribution in [0.4, 0.5) is 13.2 Å². The van der Waals surface area contributed by atoms with E-state index >= 15 is 0 Å². The minimum atomic E-state index is -4.93. The fourth-order valence-corrected chi connectivity index (χ4v) is 2.62. The molecule has 0 bridgehead atoms. The van der Waals surface area contributed by atoms with Crippen molar-refractivity contribution in [3.63, 3.8) is 0 Å². The van der Waals surface area contributed by atoms with Gasteiger partial charge in [0.15, 0.2) is 0 Å². The van der Waals surface area contributed by atoms with Crippen molar-refractivity contribution in [2.24, 2.45) is 12.8 Å². The molecule has 0 aliphatic rings. The van der Waals surface area contributed by atoms with Gasteiger partial charge >= 0.3 is 6.18 Å². The molecule has 2 aromatic rings. The lowest BCUT2D eigenvalue weighted by Gasteiger charge is -2.30. The van der Waals surface area contributed by atoms with Crippen LogP contribution in [0.15, 0.2) is 42.7 Å². The number of amides is 1. The van der Waals surface area contributed by atoms with E-state index < -0.39 is 36.0 Å². The lowest BCUT2D eigenvalue weighted by atomic mass is 9.97. The van der Waals surface area contributed by atoms with E-state index in [2.05, 4.69) is 10.3 Å². The third kappa shape index (κ3) is 5.44. The maximum Gasteiger partial charge on any atom is 0.424 e. The van der Waals surface area contributed by atoms with Crippen LogP contribution in [0.5, 0.6) is 0 Å². The second-order valence-electron chi connectivity index (χ2n) is 6.04. The molecule has 0 saturated heterocycles. The number of nitrogens with one attached hydrogen (secondary N) is 1. The highest BCUT2D eigenvalue weighted by molar-refractivity contribution is 5.85. The summed E-state index contributed by atoms with van der Waals surface area (Å²) in [5.41, 5.74) is 3.52. The Morgan fingerprint density at radius 1 is 1.33 bits per heavy atom. The molecule has 2 atom stereocenters. The van der Waals surface area contributed by atoms with Gasteiger partial charge in [0, 0.05) is 44.9 Å². The van der Waals surface area contributed by atoms with Gasteiger partial charge in [-0.3, -0.25) is 4.79 Å². The normalized spacial score (nSPS) is 14.7. The summed E-state index contributed by atoms with van der Waals surface area (Å²) in [6.07, 6.45) is -3.28. The molecule has 6 nitrogen and oxygen atoms in total. The van der Waals surface area contributed by atoms with Crippen LogP contribution in [0.1, 0.15) is 30.3 Å². The summed E-state index contributed by atoms with van der Waals surface area (Å²) in [6, 6.07) is 8.34. The number of aryl methyl sites for hydroxylation is 1. The van der Waals surface area contributed by atoms with Gasteiger partial charge in [0.2, 0.25) is 11.5 Å². The Morgan fingerprint density at radius 2 is 1.96 bits per heavy atom. The highest BCUT2D eigenvalue weighted by Crippen LogP contribution is 2.40. The maximum atomic E-state index is 13.4. The van der Waals surface area contributed by atoms with Crippen LogP contribution in [0.25, 0.3) is 0 Å². The van der Waals surface area contributed by atoms with E-state index in [1.54, 1.807) is 24.3 Å². The average Bonchev–Trinajstić information content (AvgIpc) is 3.01. The van der Waals surface area contributed by atoms with Crippen LogP contribution in [0.3, 0.4) is 0 Å². The molecule has 0 aliphatic heterocycles. The van der Waals surface area contributed by atoms with Crippen molar-refractivity contribution in [1.82, 2.24) is 14.9 Å². The number of alkyl halides is 3. The smallest absolute Gasteiger partial charge is 0.374 e. The van der Waals surface area contributed by atoms with Gasteiger partial charge in [-0.15, -0.1) is 12.4 Å². The topological polar surface area (TPSA) is 93.2 Å². The first-order chi connectivity index (χ1) is 12.1. The van der Waals surface area contributed by atoms with Gasteiger partial charge in [-0.05, 0) is 5.56 Å². The number of halogens is 4. The Labute approximate surface area is 161 Å². The zero-order valence-electron chi connectivity index (χ0n) is 14.6. The third-order valence-electron chi connectivity index (χ3n) is 4.10. The fraction of sp³-hybridized carbons (Fsp3) is 0.412. The molecule has 0 aliphatic carbocycles. The van der Waals surface area contributed by atoms with Crippen LogP contribution >= 0.6 is 12.4 Å². The van der Waals surface area contributed by atoms with E-state index in [0.29, 0.717) is 0 Å².